The summed E-state index contributed by atoms with van der Waals surface area (Å²) in [5.74, 6) is 0. The first-order chi connectivity index (χ1) is 8.82. The van der Waals surface area contributed by atoms with Crippen molar-refractivity contribution in [3.8, 4) is 11.3 Å². The first kappa shape index (κ1) is 13.9. The van der Waals surface area contributed by atoms with Crippen LogP contribution in [0.5, 0.6) is 0 Å². The first-order valence-corrected chi connectivity index (χ1v) is 6.88. The molecular weight excluding hydrogens is 315 g/mol. The number of rotatable bonds is 2. The zero-order valence-electron chi connectivity index (χ0n) is 9.04. The molecule has 0 bridgehead atoms. The van der Waals surface area contributed by atoms with Crippen LogP contribution < -0.4 is 5.73 Å². The number of nitrogens with zero attached hydrogens (tertiary/aromatic N) is 3. The molecule has 0 aliphatic rings. The van der Waals surface area contributed by atoms with Gasteiger partial charge in [-0.25, -0.2) is 8.42 Å². The first-order valence-electron chi connectivity index (χ1n) is 4.71. The monoisotopic (exact) mass is 319 g/mol. The number of nitrogen functional groups attached to an aromatic ring is 1. The normalized spacial score (nSPS) is 11.5. The van der Waals surface area contributed by atoms with Crippen molar-refractivity contribution in [2.45, 2.75) is 4.90 Å². The third-order valence-corrected chi connectivity index (χ3v) is 3.89. The van der Waals surface area contributed by atoms with Crippen molar-refractivity contribution in [3.05, 3.63) is 28.4 Å². The molecule has 10 heteroatoms. The van der Waals surface area contributed by atoms with Gasteiger partial charge in [-0.15, -0.1) is 10.2 Å². The van der Waals surface area contributed by atoms with Gasteiger partial charge in [0.2, 0.25) is 0 Å². The molecule has 0 unspecified atom stereocenters. The molecule has 1 heterocycles. The molecule has 0 atom stereocenters. The highest BCUT2D eigenvalue weighted by atomic mass is 35.5. The van der Waals surface area contributed by atoms with Gasteiger partial charge in [0.1, 0.15) is 20.8 Å². The van der Waals surface area contributed by atoms with E-state index in [0.717, 1.165) is 0 Å². The van der Waals surface area contributed by atoms with Crippen LogP contribution in [0.3, 0.4) is 0 Å². The zero-order valence-corrected chi connectivity index (χ0v) is 11.4. The molecule has 0 saturated heterocycles. The van der Waals surface area contributed by atoms with Crippen LogP contribution in [-0.4, -0.2) is 28.4 Å². The number of anilines is 1. The Balaban J connectivity index is 2.84. The Morgan fingerprint density at radius 3 is 2.53 bits per heavy atom. The Bertz CT molecular complexity index is 751. The molecule has 0 saturated carbocycles. The van der Waals surface area contributed by atoms with Gasteiger partial charge in [-0.3, -0.25) is 0 Å². The molecule has 0 amide bonds. The second-order valence-corrected chi connectivity index (χ2v) is 5.47. The van der Waals surface area contributed by atoms with Gasteiger partial charge in [-0.05, 0) is 11.3 Å². The summed E-state index contributed by atoms with van der Waals surface area (Å²) in [6, 6.07) is 4.05. The summed E-state index contributed by atoms with van der Waals surface area (Å²) in [5, 5.41) is 10.0. The third kappa shape index (κ3) is 2.61. The Labute approximate surface area is 118 Å². The summed E-state index contributed by atoms with van der Waals surface area (Å²) in [6.45, 7) is 0. The molecule has 7 nitrogen and oxygen atoms in total. The largest absolute Gasteiger partial charge is 0.744 e. The molecule has 2 aromatic rings. The van der Waals surface area contributed by atoms with Crippen molar-refractivity contribution >= 4 is 39.0 Å². The van der Waals surface area contributed by atoms with Crippen LogP contribution in [0.15, 0.2) is 23.1 Å². The molecule has 100 valence electrons. The molecule has 19 heavy (non-hydrogen) atoms. The molecule has 0 radical (unpaired) electrons. The van der Waals surface area contributed by atoms with Crippen molar-refractivity contribution in [2.24, 2.45) is 0 Å². The minimum atomic E-state index is -4.81. The maximum Gasteiger partial charge on any atom is 0.174 e. The lowest BCUT2D eigenvalue weighted by Gasteiger charge is -2.15. The Morgan fingerprint density at radius 1 is 1.21 bits per heavy atom. The Morgan fingerprint density at radius 2 is 1.89 bits per heavy atom. The summed E-state index contributed by atoms with van der Waals surface area (Å²) in [4.78, 5) is -0.617. The predicted octanol–water partition coefficient (Wildman–Crippen LogP) is 1.33. The molecule has 0 aliphatic heterocycles. The van der Waals surface area contributed by atoms with Gasteiger partial charge in [0, 0.05) is 11.3 Å². The molecule has 1 aromatic carbocycles. The smallest absolute Gasteiger partial charge is 0.174 e. The number of benzene rings is 1. The maximum atomic E-state index is 11.3. The number of aromatic nitrogens is 3. The molecule has 0 fully saturated rings. The van der Waals surface area contributed by atoms with Crippen LogP contribution in [-0.2, 0) is 10.1 Å². The topological polar surface area (TPSA) is 122 Å². The highest BCUT2D eigenvalue weighted by molar-refractivity contribution is 7.86. The summed E-state index contributed by atoms with van der Waals surface area (Å²) in [7, 11) is -4.81. The van der Waals surface area contributed by atoms with E-state index in [1.807, 2.05) is 0 Å². The van der Waals surface area contributed by atoms with Crippen molar-refractivity contribution in [3.63, 3.8) is 0 Å². The second kappa shape index (κ2) is 4.89. The third-order valence-electron chi connectivity index (χ3n) is 2.22. The van der Waals surface area contributed by atoms with Gasteiger partial charge in [0.05, 0.1) is 4.90 Å². The molecular formula is C9H5Cl2N4O3S-. The van der Waals surface area contributed by atoms with Crippen molar-refractivity contribution < 1.29 is 13.0 Å². The van der Waals surface area contributed by atoms with E-state index in [1.165, 1.54) is 18.2 Å². The minimum absolute atomic E-state index is 0.0724. The van der Waals surface area contributed by atoms with Crippen LogP contribution >= 0.6 is 23.2 Å². The van der Waals surface area contributed by atoms with Crippen molar-refractivity contribution in [2.75, 3.05) is 5.73 Å². The Kier molecular flexibility index (Phi) is 3.59. The minimum Gasteiger partial charge on any atom is -0.744 e. The Hall–Kier alpha value is -1.48. The molecule has 1 aromatic heterocycles. The lowest BCUT2D eigenvalue weighted by atomic mass is 10.1. The summed E-state index contributed by atoms with van der Waals surface area (Å²) in [5.41, 5.74) is 5.15. The van der Waals surface area contributed by atoms with E-state index in [9.17, 15) is 13.0 Å². The van der Waals surface area contributed by atoms with Gasteiger partial charge >= 0.3 is 0 Å². The maximum absolute atomic E-state index is 11.3. The van der Waals surface area contributed by atoms with E-state index in [0.29, 0.717) is 0 Å². The SMILES string of the molecule is Nc1cccc(-c2nnnc(Cl)c2Cl)c1S(=O)(=O)[O-]. The van der Waals surface area contributed by atoms with Crippen molar-refractivity contribution in [1.82, 2.24) is 15.4 Å². The van der Waals surface area contributed by atoms with Gasteiger partial charge in [0.25, 0.3) is 0 Å². The molecule has 2 rings (SSSR count). The van der Waals surface area contributed by atoms with E-state index in [1.54, 1.807) is 0 Å². The fourth-order valence-corrected chi connectivity index (χ4v) is 2.58. The van der Waals surface area contributed by atoms with Crippen LogP contribution in [0, 0.1) is 0 Å². The average Bonchev–Trinajstić information content (AvgIpc) is 2.30. The number of nitrogens with two attached hydrogens (primary N) is 1. The summed E-state index contributed by atoms with van der Waals surface area (Å²) >= 11 is 11.5. The molecule has 0 spiro atoms. The van der Waals surface area contributed by atoms with Crippen LogP contribution in [0.1, 0.15) is 0 Å². The van der Waals surface area contributed by atoms with Crippen molar-refractivity contribution in [1.29, 1.82) is 0 Å². The summed E-state index contributed by atoms with van der Waals surface area (Å²) in [6.07, 6.45) is 0. The lowest BCUT2D eigenvalue weighted by molar-refractivity contribution is 0.464. The highest BCUT2D eigenvalue weighted by Gasteiger charge is 2.19. The lowest BCUT2D eigenvalue weighted by Crippen LogP contribution is -2.07. The van der Waals surface area contributed by atoms with Crippen LogP contribution in [0.4, 0.5) is 5.69 Å². The predicted molar refractivity (Wildman–Crippen MR) is 67.7 cm³/mol. The van der Waals surface area contributed by atoms with Gasteiger partial charge in [0.15, 0.2) is 5.15 Å². The quantitative estimate of drug-likeness (QED) is 0.654. The van der Waals surface area contributed by atoms with Gasteiger partial charge in [-0.1, -0.05) is 35.3 Å². The highest BCUT2D eigenvalue weighted by Crippen LogP contribution is 2.35. The van der Waals surface area contributed by atoms with Gasteiger partial charge in [-0.2, -0.15) is 0 Å². The standard InChI is InChI=1S/C9H6Cl2N4O3S/c10-6-7(13-15-14-9(6)11)4-2-1-3-5(12)8(4)19(16,17)18/h1-3H,12H2,(H,16,17,18)/p-1. The second-order valence-electron chi connectivity index (χ2n) is 3.42. The number of hydrogen-bond acceptors (Lipinski definition) is 7. The van der Waals surface area contributed by atoms with Crippen LogP contribution in [0.25, 0.3) is 11.3 Å². The summed E-state index contributed by atoms with van der Waals surface area (Å²) < 4.78 is 33.8. The van der Waals surface area contributed by atoms with E-state index in [2.05, 4.69) is 15.4 Å². The number of hydrogen-bond donors (Lipinski definition) is 1. The fourth-order valence-electron chi connectivity index (χ4n) is 1.48. The van der Waals surface area contributed by atoms with Gasteiger partial charge < -0.3 is 10.3 Å². The number of halogens is 2. The zero-order chi connectivity index (χ0) is 14.2. The molecule has 0 aliphatic carbocycles. The van der Waals surface area contributed by atoms with E-state index in [4.69, 9.17) is 28.9 Å². The molecule has 2 N–H and O–H groups in total. The van der Waals surface area contributed by atoms with E-state index in [-0.39, 0.29) is 27.1 Å². The average molecular weight is 320 g/mol. The van der Waals surface area contributed by atoms with E-state index >= 15 is 0 Å². The van der Waals surface area contributed by atoms with Crippen LogP contribution in [0.2, 0.25) is 10.2 Å². The fraction of sp³-hybridized carbons (Fsp3) is 0. The van der Waals surface area contributed by atoms with E-state index < -0.39 is 15.0 Å².